The second-order valence-electron chi connectivity index (χ2n) is 6.79. The first-order valence-electron chi connectivity index (χ1n) is 8.75. The van der Waals surface area contributed by atoms with E-state index in [-0.39, 0.29) is 27.9 Å². The van der Waals surface area contributed by atoms with E-state index in [0.29, 0.717) is 16.2 Å². The van der Waals surface area contributed by atoms with Crippen LogP contribution in [-0.2, 0) is 0 Å². The van der Waals surface area contributed by atoms with Gasteiger partial charge in [0.05, 0.1) is 27.9 Å². The average Bonchev–Trinajstić information content (AvgIpc) is 2.75. The largest absolute Gasteiger partial charge is 0.398 e. The Morgan fingerprint density at radius 2 is 1.14 bits per heavy atom. The highest BCUT2D eigenvalue weighted by Gasteiger charge is 2.25. The number of hydrogen-bond donors (Lipinski definition) is 1. The summed E-state index contributed by atoms with van der Waals surface area (Å²) in [6.45, 7) is 0. The molecular weight excluding hydrogens is 358 g/mol. The van der Waals surface area contributed by atoms with Crippen LogP contribution in [0.15, 0.2) is 42.5 Å². The van der Waals surface area contributed by atoms with Crippen molar-refractivity contribution in [3.63, 3.8) is 0 Å². The van der Waals surface area contributed by atoms with E-state index < -0.39 is 0 Å². The van der Waals surface area contributed by atoms with Crippen LogP contribution in [0.1, 0.15) is 22.3 Å². The third-order valence-electron chi connectivity index (χ3n) is 5.52. The van der Waals surface area contributed by atoms with E-state index in [1.807, 2.05) is 48.5 Å². The molecule has 0 spiro atoms. The normalized spacial score (nSPS) is 10.8. The zero-order chi connectivity index (χ0) is 20.3. The van der Waals surface area contributed by atoms with Crippen molar-refractivity contribution in [2.45, 2.75) is 0 Å². The Kier molecular flexibility index (Phi) is 3.14. The van der Waals surface area contributed by atoms with Crippen molar-refractivity contribution in [3.05, 3.63) is 64.7 Å². The molecule has 0 fully saturated rings. The number of nitrogen functional groups attached to an aromatic ring is 1. The number of anilines is 1. The molecule has 0 aliphatic carbocycles. The fourth-order valence-electron chi connectivity index (χ4n) is 4.42. The minimum Gasteiger partial charge on any atom is -0.398 e. The molecule has 0 aromatic heterocycles. The molecule has 5 heteroatoms. The van der Waals surface area contributed by atoms with E-state index in [1.54, 1.807) is 6.07 Å². The van der Waals surface area contributed by atoms with Crippen LogP contribution in [0.5, 0.6) is 0 Å². The molecule has 0 amide bonds. The maximum absolute atomic E-state index is 9.94. The lowest BCUT2D eigenvalue weighted by Gasteiger charge is -2.18. The molecule has 29 heavy (non-hydrogen) atoms. The van der Waals surface area contributed by atoms with Crippen molar-refractivity contribution in [2.24, 2.45) is 0 Å². The van der Waals surface area contributed by atoms with Gasteiger partial charge in [-0.05, 0) is 33.0 Å². The first kappa shape index (κ1) is 16.3. The molecule has 5 rings (SSSR count). The molecule has 5 aromatic rings. The fourth-order valence-corrected chi connectivity index (χ4v) is 4.42. The topological polar surface area (TPSA) is 121 Å². The number of benzene rings is 5. The van der Waals surface area contributed by atoms with Crippen LogP contribution in [0.25, 0.3) is 43.1 Å². The molecule has 0 unspecified atom stereocenters. The monoisotopic (exact) mass is 367 g/mol. The lowest BCUT2D eigenvalue weighted by Crippen LogP contribution is -2.01. The third-order valence-corrected chi connectivity index (χ3v) is 5.52. The van der Waals surface area contributed by atoms with Crippen LogP contribution in [-0.4, -0.2) is 0 Å². The first-order valence-corrected chi connectivity index (χ1v) is 8.75. The van der Waals surface area contributed by atoms with Crippen LogP contribution in [0.4, 0.5) is 5.69 Å². The van der Waals surface area contributed by atoms with Gasteiger partial charge in [-0.1, -0.05) is 36.4 Å². The lowest BCUT2D eigenvalue weighted by atomic mass is 9.82. The van der Waals surface area contributed by atoms with Crippen molar-refractivity contribution in [2.75, 3.05) is 5.73 Å². The average molecular weight is 367 g/mol. The van der Waals surface area contributed by atoms with Gasteiger partial charge in [0.1, 0.15) is 24.3 Å². The summed E-state index contributed by atoms with van der Waals surface area (Å²) in [5.41, 5.74) is 6.72. The number of nitriles is 4. The molecule has 0 aliphatic rings. The van der Waals surface area contributed by atoms with E-state index in [1.165, 1.54) is 0 Å². The van der Waals surface area contributed by atoms with Gasteiger partial charge in [0.25, 0.3) is 0 Å². The number of fused-ring (bicyclic) bond motifs is 2. The second-order valence-corrected chi connectivity index (χ2v) is 6.79. The highest BCUT2D eigenvalue weighted by Crippen LogP contribution is 2.45. The molecule has 0 aliphatic heterocycles. The summed E-state index contributed by atoms with van der Waals surface area (Å²) in [6.07, 6.45) is 0. The van der Waals surface area contributed by atoms with Crippen molar-refractivity contribution < 1.29 is 0 Å². The summed E-state index contributed by atoms with van der Waals surface area (Å²) in [4.78, 5) is 0. The van der Waals surface area contributed by atoms with Crippen LogP contribution in [0.3, 0.4) is 0 Å². The minimum absolute atomic E-state index is 0.0134. The SMILES string of the molecule is N#Cc1c(C#N)c2c(C#N)c(N)cc3c4cccc5cccc(c(c1C#N)c23)c54. The molecule has 0 atom stereocenters. The summed E-state index contributed by atoms with van der Waals surface area (Å²) in [7, 11) is 0. The van der Waals surface area contributed by atoms with E-state index in [2.05, 4.69) is 12.1 Å². The smallest absolute Gasteiger partial charge is 0.102 e. The van der Waals surface area contributed by atoms with Crippen LogP contribution < -0.4 is 5.73 Å². The highest BCUT2D eigenvalue weighted by molar-refractivity contribution is 6.35. The molecule has 5 aromatic carbocycles. The highest BCUT2D eigenvalue weighted by atomic mass is 14.6. The Morgan fingerprint density at radius 3 is 1.76 bits per heavy atom. The molecule has 2 N–H and O–H groups in total. The predicted octanol–water partition coefficient (Wildman–Crippen LogP) is 4.81. The third kappa shape index (κ3) is 1.84. The number of rotatable bonds is 0. The van der Waals surface area contributed by atoms with Crippen LogP contribution in [0.2, 0.25) is 0 Å². The zero-order valence-corrected chi connectivity index (χ0v) is 14.9. The van der Waals surface area contributed by atoms with Gasteiger partial charge in [-0.15, -0.1) is 0 Å². The molecule has 0 radical (unpaired) electrons. The standard InChI is InChI=1S/C24H9N5/c25-8-16-17(9-26)22-14-6-2-4-12-3-1-5-13(21(12)14)15-7-20(29)19(11-28)23(24(15)22)18(16)10-27/h1-7H,29H2. The van der Waals surface area contributed by atoms with E-state index in [0.717, 1.165) is 26.9 Å². The maximum Gasteiger partial charge on any atom is 0.102 e. The van der Waals surface area contributed by atoms with Gasteiger partial charge in [0, 0.05) is 16.2 Å². The van der Waals surface area contributed by atoms with Crippen molar-refractivity contribution in [3.8, 4) is 24.3 Å². The van der Waals surface area contributed by atoms with E-state index in [4.69, 9.17) is 5.73 Å². The molecule has 0 bridgehead atoms. The summed E-state index contributed by atoms with van der Waals surface area (Å²) >= 11 is 0. The molecule has 130 valence electrons. The quantitative estimate of drug-likeness (QED) is 0.239. The van der Waals surface area contributed by atoms with Crippen molar-refractivity contribution in [1.29, 1.82) is 21.0 Å². The van der Waals surface area contributed by atoms with E-state index in [9.17, 15) is 21.0 Å². The summed E-state index contributed by atoms with van der Waals surface area (Å²) in [6, 6.07) is 21.7. The van der Waals surface area contributed by atoms with Crippen LogP contribution in [0, 0.1) is 45.3 Å². The molecule has 0 heterocycles. The van der Waals surface area contributed by atoms with Gasteiger partial charge < -0.3 is 5.73 Å². The Morgan fingerprint density at radius 1 is 0.552 bits per heavy atom. The summed E-state index contributed by atoms with van der Waals surface area (Å²) in [5, 5.41) is 45.3. The van der Waals surface area contributed by atoms with Gasteiger partial charge in [-0.25, -0.2) is 0 Å². The molecule has 0 saturated carbocycles. The second kappa shape index (κ2) is 5.58. The van der Waals surface area contributed by atoms with Crippen molar-refractivity contribution >= 4 is 48.8 Å². The number of hydrogen-bond acceptors (Lipinski definition) is 5. The van der Waals surface area contributed by atoms with Crippen molar-refractivity contribution in [1.82, 2.24) is 0 Å². The van der Waals surface area contributed by atoms with Crippen LogP contribution >= 0.6 is 0 Å². The lowest BCUT2D eigenvalue weighted by molar-refractivity contribution is 1.42. The van der Waals surface area contributed by atoms with Gasteiger partial charge in [0.15, 0.2) is 0 Å². The predicted molar refractivity (Wildman–Crippen MR) is 111 cm³/mol. The molecule has 0 saturated heterocycles. The first-order chi connectivity index (χ1) is 14.2. The van der Waals surface area contributed by atoms with Gasteiger partial charge >= 0.3 is 0 Å². The minimum atomic E-state index is -0.0260. The maximum atomic E-state index is 9.94. The van der Waals surface area contributed by atoms with E-state index >= 15 is 0 Å². The fraction of sp³-hybridized carbons (Fsp3) is 0. The Bertz CT molecular complexity index is 1690. The Labute approximate surface area is 165 Å². The molecule has 5 nitrogen and oxygen atoms in total. The zero-order valence-electron chi connectivity index (χ0n) is 14.9. The van der Waals surface area contributed by atoms with Gasteiger partial charge in [-0.2, -0.15) is 21.0 Å². The van der Waals surface area contributed by atoms with Gasteiger partial charge in [0.2, 0.25) is 0 Å². The summed E-state index contributed by atoms with van der Waals surface area (Å²) in [5.74, 6) is 0. The molecular formula is C24H9N5. The Balaban J connectivity index is 2.37. The Hall–Kier alpha value is -4.84. The van der Waals surface area contributed by atoms with Gasteiger partial charge in [-0.3, -0.25) is 0 Å². The number of nitrogens with two attached hydrogens (primary N) is 1. The number of nitrogens with zero attached hydrogens (tertiary/aromatic N) is 4. The summed E-state index contributed by atoms with van der Waals surface area (Å²) < 4.78 is 0.